The first-order valence-corrected chi connectivity index (χ1v) is 8.96. The van der Waals surface area contributed by atoms with Gasteiger partial charge in [-0.15, -0.1) is 0 Å². The van der Waals surface area contributed by atoms with Crippen molar-refractivity contribution < 1.29 is 14.7 Å². The van der Waals surface area contributed by atoms with Crippen molar-refractivity contribution in [2.75, 3.05) is 6.61 Å². The second kappa shape index (κ2) is 6.57. The van der Waals surface area contributed by atoms with Gasteiger partial charge in [-0.3, -0.25) is 14.3 Å². The molecule has 3 heterocycles. The molecule has 1 aromatic heterocycles. The molecule has 1 N–H and O–H groups in total. The summed E-state index contributed by atoms with van der Waals surface area (Å²) >= 11 is 0. The monoisotopic (exact) mass is 354 g/mol. The van der Waals surface area contributed by atoms with Crippen molar-refractivity contribution >= 4 is 11.8 Å². The standard InChI is InChI=1S/C19H22N4O3/c1-2-16(22-11-13-5-3-4-6-15(13)18(22)25)19(26)21-10-14-9-20-23(7-8-24)17(14)12-21/h3-6,9,16,24H,2,7-8,10-12H2,1H3/t16-/m0/s1. The maximum absolute atomic E-state index is 13.1. The summed E-state index contributed by atoms with van der Waals surface area (Å²) in [5.41, 5.74) is 3.66. The van der Waals surface area contributed by atoms with E-state index in [1.54, 1.807) is 20.7 Å². The lowest BCUT2D eigenvalue weighted by Crippen LogP contribution is -2.47. The van der Waals surface area contributed by atoms with E-state index in [1.807, 2.05) is 31.2 Å². The average Bonchev–Trinajstić information content (AvgIpc) is 3.31. The van der Waals surface area contributed by atoms with Crippen LogP contribution >= 0.6 is 0 Å². The van der Waals surface area contributed by atoms with Crippen LogP contribution in [-0.4, -0.2) is 49.1 Å². The molecular formula is C19H22N4O3. The molecule has 1 atom stereocenters. The summed E-state index contributed by atoms with van der Waals surface area (Å²) < 4.78 is 1.75. The van der Waals surface area contributed by atoms with Crippen LogP contribution in [-0.2, 0) is 31.0 Å². The predicted molar refractivity (Wildman–Crippen MR) is 94.0 cm³/mol. The van der Waals surface area contributed by atoms with E-state index in [1.165, 1.54) is 0 Å². The van der Waals surface area contributed by atoms with Crippen molar-refractivity contribution in [1.29, 1.82) is 0 Å². The van der Waals surface area contributed by atoms with Crippen LogP contribution in [0.5, 0.6) is 0 Å². The highest BCUT2D eigenvalue weighted by atomic mass is 16.3. The number of aromatic nitrogens is 2. The van der Waals surface area contributed by atoms with E-state index in [0.717, 1.165) is 16.8 Å². The Morgan fingerprint density at radius 1 is 1.23 bits per heavy atom. The first-order chi connectivity index (χ1) is 12.6. The SMILES string of the molecule is CC[C@@H](C(=O)N1Cc2cnn(CCO)c2C1)N1Cc2ccccc2C1=O. The molecule has 0 saturated carbocycles. The summed E-state index contributed by atoms with van der Waals surface area (Å²) in [6.07, 6.45) is 2.34. The van der Waals surface area contributed by atoms with Gasteiger partial charge in [0.15, 0.2) is 0 Å². The van der Waals surface area contributed by atoms with Crippen molar-refractivity contribution in [3.8, 4) is 0 Å². The van der Waals surface area contributed by atoms with Crippen LogP contribution in [0.1, 0.15) is 40.5 Å². The summed E-state index contributed by atoms with van der Waals surface area (Å²) in [4.78, 5) is 29.4. The maximum atomic E-state index is 13.1. The molecule has 0 aliphatic carbocycles. The molecule has 26 heavy (non-hydrogen) atoms. The number of fused-ring (bicyclic) bond motifs is 2. The van der Waals surface area contributed by atoms with Crippen LogP contribution in [0.15, 0.2) is 30.5 Å². The highest BCUT2D eigenvalue weighted by molar-refractivity contribution is 6.01. The Bertz CT molecular complexity index is 860. The second-order valence-electron chi connectivity index (χ2n) is 6.77. The van der Waals surface area contributed by atoms with Gasteiger partial charge in [0.1, 0.15) is 6.04 Å². The van der Waals surface area contributed by atoms with Gasteiger partial charge in [0.25, 0.3) is 5.91 Å². The maximum Gasteiger partial charge on any atom is 0.255 e. The molecule has 0 fully saturated rings. The molecule has 0 unspecified atom stereocenters. The van der Waals surface area contributed by atoms with Crippen LogP contribution in [0.3, 0.4) is 0 Å². The van der Waals surface area contributed by atoms with Crippen molar-refractivity contribution in [1.82, 2.24) is 19.6 Å². The summed E-state index contributed by atoms with van der Waals surface area (Å²) in [5.74, 6) is -0.0932. The van der Waals surface area contributed by atoms with Gasteiger partial charge in [0.05, 0.1) is 31.6 Å². The lowest BCUT2D eigenvalue weighted by Gasteiger charge is -2.29. The molecule has 2 aliphatic rings. The number of aliphatic hydroxyl groups excluding tert-OH is 1. The highest BCUT2D eigenvalue weighted by Gasteiger charge is 2.38. The molecule has 4 rings (SSSR count). The molecule has 1 aromatic carbocycles. The van der Waals surface area contributed by atoms with Crippen LogP contribution in [0.4, 0.5) is 0 Å². The van der Waals surface area contributed by atoms with Crippen LogP contribution in [0.25, 0.3) is 0 Å². The average molecular weight is 354 g/mol. The Morgan fingerprint density at radius 3 is 2.77 bits per heavy atom. The smallest absolute Gasteiger partial charge is 0.255 e. The van der Waals surface area contributed by atoms with Crippen LogP contribution < -0.4 is 0 Å². The number of carbonyl (C=O) groups excluding carboxylic acids is 2. The Kier molecular flexibility index (Phi) is 4.24. The van der Waals surface area contributed by atoms with E-state index >= 15 is 0 Å². The Labute approximate surface area is 151 Å². The van der Waals surface area contributed by atoms with Crippen molar-refractivity contribution in [2.45, 2.75) is 45.6 Å². The summed E-state index contributed by atoms with van der Waals surface area (Å²) in [7, 11) is 0. The minimum Gasteiger partial charge on any atom is -0.394 e. The topological polar surface area (TPSA) is 78.7 Å². The predicted octanol–water partition coefficient (Wildman–Crippen LogP) is 1.15. The van der Waals surface area contributed by atoms with Gasteiger partial charge in [0.2, 0.25) is 5.91 Å². The summed E-state index contributed by atoms with van der Waals surface area (Å²) in [5, 5.41) is 13.4. The Balaban J connectivity index is 1.52. The minimum absolute atomic E-state index is 0.0141. The summed E-state index contributed by atoms with van der Waals surface area (Å²) in [6, 6.07) is 7.08. The van der Waals surface area contributed by atoms with Crippen LogP contribution in [0.2, 0.25) is 0 Å². The van der Waals surface area contributed by atoms with Gasteiger partial charge in [-0.2, -0.15) is 5.10 Å². The van der Waals surface area contributed by atoms with Crippen molar-refractivity contribution in [2.24, 2.45) is 0 Å². The molecule has 136 valence electrons. The van der Waals surface area contributed by atoms with Gasteiger partial charge in [-0.05, 0) is 18.1 Å². The number of hydrogen-bond donors (Lipinski definition) is 1. The van der Waals surface area contributed by atoms with E-state index in [-0.39, 0.29) is 18.4 Å². The lowest BCUT2D eigenvalue weighted by molar-refractivity contribution is -0.137. The fourth-order valence-corrected chi connectivity index (χ4v) is 3.92. The number of aliphatic hydroxyl groups is 1. The number of amides is 2. The van der Waals surface area contributed by atoms with Gasteiger partial charge < -0.3 is 14.9 Å². The molecule has 2 aromatic rings. The number of hydrogen-bond acceptors (Lipinski definition) is 4. The second-order valence-corrected chi connectivity index (χ2v) is 6.77. The molecule has 7 nitrogen and oxygen atoms in total. The first kappa shape index (κ1) is 16.8. The third-order valence-electron chi connectivity index (χ3n) is 5.26. The molecule has 0 saturated heterocycles. The van der Waals surface area contributed by atoms with E-state index < -0.39 is 6.04 Å². The zero-order valence-corrected chi connectivity index (χ0v) is 14.8. The van der Waals surface area contributed by atoms with E-state index in [9.17, 15) is 9.59 Å². The normalized spacial score (nSPS) is 16.8. The van der Waals surface area contributed by atoms with Crippen molar-refractivity contribution in [3.63, 3.8) is 0 Å². The van der Waals surface area contributed by atoms with Gasteiger partial charge >= 0.3 is 0 Å². The van der Waals surface area contributed by atoms with Crippen molar-refractivity contribution in [3.05, 3.63) is 52.8 Å². The minimum atomic E-state index is -0.460. The Hall–Kier alpha value is -2.67. The Morgan fingerprint density at radius 2 is 2.04 bits per heavy atom. The van der Waals surface area contributed by atoms with Crippen LogP contribution in [0, 0.1) is 0 Å². The number of benzene rings is 1. The molecule has 0 radical (unpaired) electrons. The summed E-state index contributed by atoms with van der Waals surface area (Å²) in [6.45, 7) is 3.84. The fraction of sp³-hybridized carbons (Fsp3) is 0.421. The first-order valence-electron chi connectivity index (χ1n) is 8.96. The zero-order chi connectivity index (χ0) is 18.3. The van der Waals surface area contributed by atoms with Gasteiger partial charge in [0, 0.05) is 24.2 Å². The molecule has 0 spiro atoms. The quantitative estimate of drug-likeness (QED) is 0.874. The highest BCUT2D eigenvalue weighted by Crippen LogP contribution is 2.29. The van der Waals surface area contributed by atoms with E-state index in [2.05, 4.69) is 5.10 Å². The fourth-order valence-electron chi connectivity index (χ4n) is 3.92. The van der Waals surface area contributed by atoms with E-state index in [0.29, 0.717) is 38.2 Å². The lowest BCUT2D eigenvalue weighted by atomic mass is 10.1. The van der Waals surface area contributed by atoms with Gasteiger partial charge in [-0.1, -0.05) is 25.1 Å². The zero-order valence-electron chi connectivity index (χ0n) is 14.8. The largest absolute Gasteiger partial charge is 0.394 e. The molecule has 2 amide bonds. The molecule has 0 bridgehead atoms. The molecule has 7 heteroatoms. The third kappa shape index (κ3) is 2.59. The molecule has 2 aliphatic heterocycles. The molecular weight excluding hydrogens is 332 g/mol. The van der Waals surface area contributed by atoms with Gasteiger partial charge in [-0.25, -0.2) is 0 Å². The number of rotatable bonds is 5. The third-order valence-corrected chi connectivity index (χ3v) is 5.26. The number of nitrogens with zero attached hydrogens (tertiary/aromatic N) is 4. The van der Waals surface area contributed by atoms with E-state index in [4.69, 9.17) is 5.11 Å². The number of carbonyl (C=O) groups is 2.